The Balaban J connectivity index is 1.83. The molecule has 3 amide bonds. The zero-order chi connectivity index (χ0) is 39.5. The van der Waals surface area contributed by atoms with Gasteiger partial charge in [-0.2, -0.15) is 0 Å². The first-order valence-corrected chi connectivity index (χ1v) is 19.8. The standard InChI is InChI=1S/C40H61N5O7S/c1-11-26(5)34(43-39(50)40(8)19-16-20-44(40)9)37(48)45(10)32(25(3)4)23-33(52-28(7)46)36-42-31(24-53-36)35(47)41-30(21-27(6)38(49)51-12-2)22-29-17-14-13-15-18-29/h13-15,17-18,24-27,30,32-34H,11-12,16,19-23H2,1-10H3,(H,41,47)(H,43,50)/t26?,27-,30+,32+,33+,34-,40+/m0/s1. The molecule has 13 heteroatoms. The van der Waals surface area contributed by atoms with Crippen molar-refractivity contribution in [2.75, 3.05) is 27.2 Å². The summed E-state index contributed by atoms with van der Waals surface area (Å²) in [6.07, 6.45) is 2.62. The van der Waals surface area contributed by atoms with Gasteiger partial charge in [-0.25, -0.2) is 4.98 Å². The number of amides is 3. The van der Waals surface area contributed by atoms with Crippen molar-refractivity contribution in [1.82, 2.24) is 25.4 Å². The van der Waals surface area contributed by atoms with Crippen LogP contribution in [0.1, 0.15) is 115 Å². The lowest BCUT2D eigenvalue weighted by Crippen LogP contribution is -2.60. The van der Waals surface area contributed by atoms with E-state index in [1.807, 2.05) is 76.9 Å². The number of ether oxygens (including phenoxy) is 2. The fraction of sp³-hybridized carbons (Fsp3) is 0.650. The van der Waals surface area contributed by atoms with E-state index in [9.17, 15) is 24.0 Å². The lowest BCUT2D eigenvalue weighted by Gasteiger charge is -2.38. The smallest absolute Gasteiger partial charge is 0.308 e. The first-order valence-electron chi connectivity index (χ1n) is 18.9. The Morgan fingerprint density at radius 1 is 1.04 bits per heavy atom. The summed E-state index contributed by atoms with van der Waals surface area (Å²) in [5, 5.41) is 8.23. The second kappa shape index (κ2) is 20.0. The highest BCUT2D eigenvalue weighted by Gasteiger charge is 2.44. The molecule has 3 rings (SSSR count). The number of benzene rings is 1. The summed E-state index contributed by atoms with van der Waals surface area (Å²) in [4.78, 5) is 74.7. The number of thiazole rings is 1. The van der Waals surface area contributed by atoms with E-state index >= 15 is 0 Å². The molecule has 2 aromatic rings. The summed E-state index contributed by atoms with van der Waals surface area (Å²) >= 11 is 1.21. The number of likely N-dealkylation sites (N-methyl/N-ethyl adjacent to an activating group) is 2. The fourth-order valence-corrected chi connectivity index (χ4v) is 7.78. The number of nitrogens with zero attached hydrogens (tertiary/aromatic N) is 3. The lowest BCUT2D eigenvalue weighted by atomic mass is 9.91. The van der Waals surface area contributed by atoms with Crippen LogP contribution in [0.5, 0.6) is 0 Å². The number of carbonyl (C=O) groups excluding carboxylic acids is 5. The minimum atomic E-state index is -0.826. The van der Waals surface area contributed by atoms with Crippen LogP contribution >= 0.6 is 11.3 Å². The number of aromatic nitrogens is 1. The van der Waals surface area contributed by atoms with E-state index in [-0.39, 0.29) is 60.4 Å². The maximum atomic E-state index is 14.2. The predicted molar refractivity (Wildman–Crippen MR) is 206 cm³/mol. The van der Waals surface area contributed by atoms with Gasteiger partial charge in [-0.05, 0) is 70.5 Å². The maximum Gasteiger partial charge on any atom is 0.308 e. The van der Waals surface area contributed by atoms with Crippen molar-refractivity contribution >= 4 is 41.0 Å². The molecule has 7 atom stereocenters. The molecule has 0 aliphatic carbocycles. The van der Waals surface area contributed by atoms with Gasteiger partial charge in [-0.1, -0.05) is 71.4 Å². The van der Waals surface area contributed by atoms with Gasteiger partial charge in [0.05, 0.1) is 18.1 Å². The zero-order valence-corrected chi connectivity index (χ0v) is 34.1. The average Bonchev–Trinajstić information content (AvgIpc) is 3.75. The molecule has 1 aliphatic heterocycles. The summed E-state index contributed by atoms with van der Waals surface area (Å²) in [7, 11) is 3.67. The number of nitrogens with one attached hydrogen (secondary N) is 2. The van der Waals surface area contributed by atoms with Crippen LogP contribution in [0, 0.1) is 17.8 Å². The molecule has 1 fully saturated rings. The van der Waals surface area contributed by atoms with E-state index in [0.717, 1.165) is 24.9 Å². The molecular formula is C40H61N5O7S. The highest BCUT2D eigenvalue weighted by molar-refractivity contribution is 7.09. The molecule has 2 heterocycles. The van der Waals surface area contributed by atoms with Crippen LogP contribution in [0.3, 0.4) is 0 Å². The van der Waals surface area contributed by atoms with Gasteiger partial charge >= 0.3 is 11.9 Å². The van der Waals surface area contributed by atoms with Crippen molar-refractivity contribution < 1.29 is 33.4 Å². The number of esters is 2. The summed E-state index contributed by atoms with van der Waals surface area (Å²) in [5.41, 5.74) is 0.494. The van der Waals surface area contributed by atoms with Crippen molar-refractivity contribution in [3.8, 4) is 0 Å². The molecule has 1 unspecified atom stereocenters. The Kier molecular flexibility index (Phi) is 16.4. The number of carbonyl (C=O) groups is 5. The molecule has 2 N–H and O–H groups in total. The number of rotatable bonds is 19. The van der Waals surface area contributed by atoms with Crippen LogP contribution in [0.4, 0.5) is 0 Å². The lowest BCUT2D eigenvalue weighted by molar-refractivity contribution is -0.149. The van der Waals surface area contributed by atoms with Gasteiger partial charge in [0.25, 0.3) is 5.91 Å². The van der Waals surface area contributed by atoms with Crippen LogP contribution in [0.25, 0.3) is 0 Å². The Morgan fingerprint density at radius 3 is 2.28 bits per heavy atom. The van der Waals surface area contributed by atoms with Gasteiger partial charge in [0.1, 0.15) is 16.7 Å². The van der Waals surface area contributed by atoms with Crippen molar-refractivity contribution in [3.63, 3.8) is 0 Å². The zero-order valence-electron chi connectivity index (χ0n) is 33.3. The topological polar surface area (TPSA) is 147 Å². The van der Waals surface area contributed by atoms with Crippen LogP contribution in [0.15, 0.2) is 35.7 Å². The van der Waals surface area contributed by atoms with E-state index in [1.54, 1.807) is 31.2 Å². The second-order valence-corrected chi connectivity index (χ2v) is 15.9. The third-order valence-corrected chi connectivity index (χ3v) is 11.6. The third kappa shape index (κ3) is 11.8. The number of likely N-dealkylation sites (tertiary alicyclic amines) is 1. The molecule has 1 aromatic carbocycles. The molecule has 1 saturated heterocycles. The first-order chi connectivity index (χ1) is 25.0. The molecule has 12 nitrogen and oxygen atoms in total. The van der Waals surface area contributed by atoms with Gasteiger partial charge in [0.15, 0.2) is 6.10 Å². The highest BCUT2D eigenvalue weighted by Crippen LogP contribution is 2.32. The molecule has 0 spiro atoms. The van der Waals surface area contributed by atoms with Crippen LogP contribution < -0.4 is 10.6 Å². The molecule has 53 heavy (non-hydrogen) atoms. The average molecular weight is 756 g/mol. The SMILES string of the molecule is CCOC(=O)[C@@H](C)C[C@H](Cc1ccccc1)NC(=O)c1csc([C@@H](C[C@H](C(C)C)N(C)C(=O)[C@@H](NC(=O)[C@@]2(C)CCCN2C)C(C)CC)OC(C)=O)n1. The number of hydrogen-bond donors (Lipinski definition) is 2. The van der Waals surface area contributed by atoms with Crippen molar-refractivity contribution in [3.05, 3.63) is 52.0 Å². The summed E-state index contributed by atoms with van der Waals surface area (Å²) in [6.45, 7) is 15.8. The first kappa shape index (κ1) is 43.6. The second-order valence-electron chi connectivity index (χ2n) is 15.0. The van der Waals surface area contributed by atoms with Gasteiger partial charge in [0, 0.05) is 37.9 Å². The fourth-order valence-electron chi connectivity index (χ4n) is 6.94. The predicted octanol–water partition coefficient (Wildman–Crippen LogP) is 5.57. The monoisotopic (exact) mass is 755 g/mol. The Bertz CT molecular complexity index is 1530. The van der Waals surface area contributed by atoms with Crippen molar-refractivity contribution in [2.24, 2.45) is 17.8 Å². The van der Waals surface area contributed by atoms with Gasteiger partial charge in [-0.15, -0.1) is 11.3 Å². The summed E-state index contributed by atoms with van der Waals surface area (Å²) < 4.78 is 11.0. The molecule has 294 valence electrons. The van der Waals surface area contributed by atoms with Crippen LogP contribution in [0.2, 0.25) is 0 Å². The van der Waals surface area contributed by atoms with Crippen molar-refractivity contribution in [2.45, 2.75) is 124 Å². The number of hydrogen-bond acceptors (Lipinski definition) is 10. The van der Waals surface area contributed by atoms with Crippen LogP contribution in [-0.2, 0) is 35.1 Å². The Labute approximate surface area is 319 Å². The summed E-state index contributed by atoms with van der Waals surface area (Å²) in [6, 6.07) is 8.22. The minimum absolute atomic E-state index is 0.0448. The molecule has 1 aliphatic rings. The Morgan fingerprint density at radius 2 is 1.72 bits per heavy atom. The largest absolute Gasteiger partial charge is 0.466 e. The van der Waals surface area contributed by atoms with E-state index in [4.69, 9.17) is 9.47 Å². The van der Waals surface area contributed by atoms with E-state index in [2.05, 4.69) is 15.6 Å². The normalized spacial score (nSPS) is 19.4. The van der Waals surface area contributed by atoms with Gasteiger partial charge in [0.2, 0.25) is 11.8 Å². The van der Waals surface area contributed by atoms with E-state index in [1.165, 1.54) is 18.3 Å². The molecule has 0 bridgehead atoms. The van der Waals surface area contributed by atoms with Crippen molar-refractivity contribution in [1.29, 1.82) is 0 Å². The van der Waals surface area contributed by atoms with E-state index in [0.29, 0.717) is 24.3 Å². The quantitative estimate of drug-likeness (QED) is 0.176. The Hall–Kier alpha value is -3.84. The molecule has 1 aromatic heterocycles. The van der Waals surface area contributed by atoms with Gasteiger partial charge < -0.3 is 25.0 Å². The third-order valence-electron chi connectivity index (χ3n) is 10.7. The molecular weight excluding hydrogens is 695 g/mol. The minimum Gasteiger partial charge on any atom is -0.466 e. The maximum absolute atomic E-state index is 14.2. The molecule has 0 radical (unpaired) electrons. The van der Waals surface area contributed by atoms with Crippen LogP contribution in [-0.4, -0.2) is 95.4 Å². The molecule has 0 saturated carbocycles. The summed E-state index contributed by atoms with van der Waals surface area (Å²) in [5.74, 6) is -2.21. The highest BCUT2D eigenvalue weighted by atomic mass is 32.1. The van der Waals surface area contributed by atoms with E-state index < -0.39 is 35.5 Å². The van der Waals surface area contributed by atoms with Gasteiger partial charge in [-0.3, -0.25) is 28.9 Å².